The van der Waals surface area contributed by atoms with Crippen LogP contribution in [-0.4, -0.2) is 33.5 Å². The number of nitrogens with zero attached hydrogens (tertiary/aromatic N) is 1. The molecular weight excluding hydrogens is 503 g/mol. The highest BCUT2D eigenvalue weighted by Gasteiger charge is 2.14. The first-order valence-corrected chi connectivity index (χ1v) is 11.0. The van der Waals surface area contributed by atoms with Gasteiger partial charge in [0.25, 0.3) is 5.91 Å². The molecule has 10 heteroatoms. The van der Waals surface area contributed by atoms with Crippen molar-refractivity contribution >= 4 is 46.9 Å². The Morgan fingerprint density at radius 2 is 1.62 bits per heavy atom. The minimum Gasteiger partial charge on any atom is -0.497 e. The second-order valence-electron chi connectivity index (χ2n) is 6.86. The van der Waals surface area contributed by atoms with E-state index >= 15 is 0 Å². The van der Waals surface area contributed by atoms with Crippen LogP contribution >= 0.6 is 34.8 Å². The van der Waals surface area contributed by atoms with Gasteiger partial charge in [0.1, 0.15) is 18.1 Å². The van der Waals surface area contributed by atoms with Crippen molar-refractivity contribution in [2.24, 2.45) is 5.10 Å². The molecule has 0 aliphatic rings. The van der Waals surface area contributed by atoms with Gasteiger partial charge in [-0.1, -0.05) is 40.9 Å². The Hall–Kier alpha value is -3.13. The number of nitrogens with one attached hydrogen (secondary N) is 1. The quantitative estimate of drug-likeness (QED) is 0.274. The van der Waals surface area contributed by atoms with Gasteiger partial charge in [-0.15, -0.1) is 0 Å². The average Bonchev–Trinajstić information content (AvgIpc) is 2.83. The molecule has 0 aromatic heterocycles. The van der Waals surface area contributed by atoms with Gasteiger partial charge in [-0.25, -0.2) is 5.43 Å². The Morgan fingerprint density at radius 3 is 2.24 bits per heavy atom. The van der Waals surface area contributed by atoms with Crippen LogP contribution in [0.15, 0.2) is 53.6 Å². The molecule has 0 heterocycles. The standard InChI is InChI=1S/C24H21Cl3N2O5/c1-31-18-8-16(9-19(11-18)32-2)24(30)29-28-12-14-6-21(27)23(22(7-14)33-3)34-13-15-4-5-17(25)10-20(15)26/h4-12H,13H2,1-3H3,(H,29,30)/b28-12-. The predicted octanol–water partition coefficient (Wildman–Crippen LogP) is 6.02. The van der Waals surface area contributed by atoms with Crippen molar-refractivity contribution in [3.05, 3.63) is 80.3 Å². The number of hydrogen-bond donors (Lipinski definition) is 1. The molecule has 0 radical (unpaired) electrons. The van der Waals surface area contributed by atoms with E-state index in [0.717, 1.165) is 5.56 Å². The van der Waals surface area contributed by atoms with E-state index in [1.807, 2.05) is 0 Å². The maximum atomic E-state index is 12.5. The van der Waals surface area contributed by atoms with E-state index in [4.69, 9.17) is 53.8 Å². The fraction of sp³-hybridized carbons (Fsp3) is 0.167. The molecule has 0 unspecified atom stereocenters. The highest BCUT2D eigenvalue weighted by Crippen LogP contribution is 2.37. The minimum absolute atomic E-state index is 0.166. The normalized spacial score (nSPS) is 10.8. The summed E-state index contributed by atoms with van der Waals surface area (Å²) in [5, 5.41) is 5.31. The number of benzene rings is 3. The Morgan fingerprint density at radius 1 is 0.912 bits per heavy atom. The number of methoxy groups -OCH3 is 3. The Labute approximate surface area is 212 Å². The summed E-state index contributed by atoms with van der Waals surface area (Å²) in [4.78, 5) is 12.5. The number of ether oxygens (including phenoxy) is 4. The summed E-state index contributed by atoms with van der Waals surface area (Å²) >= 11 is 18.5. The molecule has 7 nitrogen and oxygen atoms in total. The number of halogens is 3. The van der Waals surface area contributed by atoms with E-state index in [9.17, 15) is 4.79 Å². The van der Waals surface area contributed by atoms with Crippen molar-refractivity contribution < 1.29 is 23.7 Å². The van der Waals surface area contributed by atoms with E-state index in [-0.39, 0.29) is 6.61 Å². The third kappa shape index (κ3) is 6.47. The van der Waals surface area contributed by atoms with Gasteiger partial charge < -0.3 is 18.9 Å². The Bertz CT molecular complexity index is 1200. The summed E-state index contributed by atoms with van der Waals surface area (Å²) in [7, 11) is 4.50. The molecule has 0 fully saturated rings. The Balaban J connectivity index is 1.72. The molecule has 3 aromatic carbocycles. The van der Waals surface area contributed by atoms with E-state index in [0.29, 0.717) is 49.2 Å². The first-order valence-electron chi connectivity index (χ1n) is 9.85. The van der Waals surface area contributed by atoms with E-state index in [2.05, 4.69) is 10.5 Å². The predicted molar refractivity (Wildman–Crippen MR) is 133 cm³/mol. The zero-order chi connectivity index (χ0) is 24.7. The lowest BCUT2D eigenvalue weighted by molar-refractivity contribution is 0.0954. The van der Waals surface area contributed by atoms with Gasteiger partial charge in [-0.3, -0.25) is 4.79 Å². The van der Waals surface area contributed by atoms with E-state index in [1.165, 1.54) is 27.5 Å². The van der Waals surface area contributed by atoms with Crippen LogP contribution in [0.2, 0.25) is 15.1 Å². The second kappa shape index (κ2) is 11.8. The van der Waals surface area contributed by atoms with Crippen molar-refractivity contribution in [2.45, 2.75) is 6.61 Å². The van der Waals surface area contributed by atoms with Crippen molar-refractivity contribution in [1.82, 2.24) is 5.43 Å². The lowest BCUT2D eigenvalue weighted by Gasteiger charge is -2.14. The molecule has 3 aromatic rings. The summed E-state index contributed by atoms with van der Waals surface area (Å²) in [6, 6.07) is 13.3. The maximum absolute atomic E-state index is 12.5. The Kier molecular flexibility index (Phi) is 8.87. The smallest absolute Gasteiger partial charge is 0.271 e. The van der Waals surface area contributed by atoms with Crippen LogP contribution < -0.4 is 24.4 Å². The maximum Gasteiger partial charge on any atom is 0.271 e. The van der Waals surface area contributed by atoms with Gasteiger partial charge in [-0.05, 0) is 42.0 Å². The molecule has 0 aliphatic carbocycles. The van der Waals surface area contributed by atoms with Crippen molar-refractivity contribution in [1.29, 1.82) is 0 Å². The van der Waals surface area contributed by atoms with Crippen LogP contribution in [0.3, 0.4) is 0 Å². The van der Waals surface area contributed by atoms with Crippen LogP contribution in [0.1, 0.15) is 21.5 Å². The third-order valence-electron chi connectivity index (χ3n) is 4.63. The number of rotatable bonds is 9. The zero-order valence-corrected chi connectivity index (χ0v) is 20.8. The highest BCUT2D eigenvalue weighted by molar-refractivity contribution is 6.35. The van der Waals surface area contributed by atoms with Gasteiger partial charge in [0, 0.05) is 27.2 Å². The minimum atomic E-state index is -0.439. The molecule has 0 aliphatic heterocycles. The summed E-state index contributed by atoms with van der Waals surface area (Å²) < 4.78 is 21.6. The van der Waals surface area contributed by atoms with Gasteiger partial charge >= 0.3 is 0 Å². The van der Waals surface area contributed by atoms with Gasteiger partial charge in [0.15, 0.2) is 11.5 Å². The molecule has 1 N–H and O–H groups in total. The number of amides is 1. The molecule has 0 saturated carbocycles. The van der Waals surface area contributed by atoms with Crippen LogP contribution in [0.4, 0.5) is 0 Å². The molecule has 0 saturated heterocycles. The zero-order valence-electron chi connectivity index (χ0n) is 18.5. The van der Waals surface area contributed by atoms with E-state index < -0.39 is 5.91 Å². The van der Waals surface area contributed by atoms with Gasteiger partial charge in [0.2, 0.25) is 0 Å². The summed E-state index contributed by atoms with van der Waals surface area (Å²) in [5.74, 6) is 1.27. The number of hydrogen-bond acceptors (Lipinski definition) is 6. The topological polar surface area (TPSA) is 78.4 Å². The SMILES string of the molecule is COc1cc(OC)cc(C(=O)N/N=C\c2cc(Cl)c(OCc3ccc(Cl)cc3Cl)c(OC)c2)c1. The van der Waals surface area contributed by atoms with Crippen LogP contribution in [0, 0.1) is 0 Å². The molecule has 1 amide bonds. The van der Waals surface area contributed by atoms with Crippen molar-refractivity contribution in [3.63, 3.8) is 0 Å². The molecule has 34 heavy (non-hydrogen) atoms. The number of hydrazone groups is 1. The van der Waals surface area contributed by atoms with E-state index in [1.54, 1.807) is 48.5 Å². The summed E-state index contributed by atoms with van der Waals surface area (Å²) in [6.07, 6.45) is 1.43. The van der Waals surface area contributed by atoms with Crippen molar-refractivity contribution in [3.8, 4) is 23.0 Å². The molecular formula is C24H21Cl3N2O5. The van der Waals surface area contributed by atoms with Crippen LogP contribution in [0.25, 0.3) is 0 Å². The van der Waals surface area contributed by atoms with Crippen LogP contribution in [0.5, 0.6) is 23.0 Å². The van der Waals surface area contributed by atoms with Gasteiger partial charge in [-0.2, -0.15) is 5.10 Å². The number of carbonyl (C=O) groups excluding carboxylic acids is 1. The van der Waals surface area contributed by atoms with Crippen molar-refractivity contribution in [2.75, 3.05) is 21.3 Å². The fourth-order valence-electron chi connectivity index (χ4n) is 2.91. The average molecular weight is 524 g/mol. The fourth-order valence-corrected chi connectivity index (χ4v) is 3.65. The largest absolute Gasteiger partial charge is 0.497 e. The monoisotopic (exact) mass is 522 g/mol. The molecule has 3 rings (SSSR count). The molecule has 0 bridgehead atoms. The number of carbonyl (C=O) groups is 1. The summed E-state index contributed by atoms with van der Waals surface area (Å²) in [5.41, 5.74) is 4.11. The lowest BCUT2D eigenvalue weighted by Crippen LogP contribution is -2.17. The second-order valence-corrected chi connectivity index (χ2v) is 8.11. The highest BCUT2D eigenvalue weighted by atomic mass is 35.5. The van der Waals surface area contributed by atoms with Gasteiger partial charge in [0.05, 0.1) is 32.6 Å². The molecule has 178 valence electrons. The molecule has 0 atom stereocenters. The first kappa shape index (κ1) is 25.5. The third-order valence-corrected chi connectivity index (χ3v) is 5.50. The first-order chi connectivity index (χ1) is 16.3. The summed E-state index contributed by atoms with van der Waals surface area (Å²) in [6.45, 7) is 0.166. The van der Waals surface area contributed by atoms with Crippen LogP contribution in [-0.2, 0) is 6.61 Å². The molecule has 0 spiro atoms. The lowest BCUT2D eigenvalue weighted by atomic mass is 10.2.